The SMILES string of the molecule is Cc1cc(Cl)ccc1NC(=O)C1COCC(=O)N1. The summed E-state index contributed by atoms with van der Waals surface area (Å²) >= 11 is 5.83. The van der Waals surface area contributed by atoms with Crippen LogP contribution in [0.3, 0.4) is 0 Å². The number of rotatable bonds is 2. The zero-order valence-electron chi connectivity index (χ0n) is 9.83. The van der Waals surface area contributed by atoms with E-state index >= 15 is 0 Å². The van der Waals surface area contributed by atoms with Gasteiger partial charge in [-0.15, -0.1) is 0 Å². The van der Waals surface area contributed by atoms with Crippen molar-refractivity contribution >= 4 is 29.1 Å². The smallest absolute Gasteiger partial charge is 0.249 e. The van der Waals surface area contributed by atoms with E-state index in [9.17, 15) is 9.59 Å². The Morgan fingerprint density at radius 3 is 3.00 bits per heavy atom. The van der Waals surface area contributed by atoms with Crippen LogP contribution in [-0.4, -0.2) is 31.1 Å². The molecule has 1 unspecified atom stereocenters. The Kier molecular flexibility index (Phi) is 3.84. The topological polar surface area (TPSA) is 67.4 Å². The molecular weight excluding hydrogens is 256 g/mol. The lowest BCUT2D eigenvalue weighted by molar-refractivity contribution is -0.136. The summed E-state index contributed by atoms with van der Waals surface area (Å²) in [4.78, 5) is 23.0. The number of morpholine rings is 1. The van der Waals surface area contributed by atoms with Crippen LogP contribution in [0.5, 0.6) is 0 Å². The second-order valence-electron chi connectivity index (χ2n) is 4.08. The lowest BCUT2D eigenvalue weighted by atomic mass is 10.2. The molecule has 0 spiro atoms. The van der Waals surface area contributed by atoms with Crippen molar-refractivity contribution in [2.75, 3.05) is 18.5 Å². The van der Waals surface area contributed by atoms with Crippen molar-refractivity contribution in [3.8, 4) is 0 Å². The van der Waals surface area contributed by atoms with Crippen molar-refractivity contribution in [1.29, 1.82) is 0 Å². The third-order valence-electron chi connectivity index (χ3n) is 2.62. The molecule has 1 aliphatic rings. The van der Waals surface area contributed by atoms with E-state index in [-0.39, 0.29) is 25.0 Å². The normalized spacial score (nSPS) is 19.2. The molecular formula is C12H13ClN2O3. The van der Waals surface area contributed by atoms with E-state index in [0.717, 1.165) is 5.56 Å². The molecule has 0 radical (unpaired) electrons. The Bertz CT molecular complexity index is 490. The van der Waals surface area contributed by atoms with Gasteiger partial charge in [-0.25, -0.2) is 0 Å². The second-order valence-corrected chi connectivity index (χ2v) is 4.52. The van der Waals surface area contributed by atoms with Crippen LogP contribution in [0, 0.1) is 6.92 Å². The van der Waals surface area contributed by atoms with Crippen molar-refractivity contribution in [1.82, 2.24) is 5.32 Å². The summed E-state index contributed by atoms with van der Waals surface area (Å²) in [6.45, 7) is 2.03. The van der Waals surface area contributed by atoms with Crippen LogP contribution < -0.4 is 10.6 Å². The number of nitrogens with one attached hydrogen (secondary N) is 2. The predicted molar refractivity (Wildman–Crippen MR) is 67.6 cm³/mol. The molecule has 96 valence electrons. The molecule has 1 atom stereocenters. The fourth-order valence-corrected chi connectivity index (χ4v) is 1.90. The van der Waals surface area contributed by atoms with Crippen LogP contribution in [0.15, 0.2) is 18.2 Å². The van der Waals surface area contributed by atoms with Crippen molar-refractivity contribution < 1.29 is 14.3 Å². The number of amides is 2. The molecule has 0 saturated carbocycles. The molecule has 2 rings (SSSR count). The molecule has 5 nitrogen and oxygen atoms in total. The summed E-state index contributed by atoms with van der Waals surface area (Å²) < 4.78 is 5.01. The molecule has 0 bridgehead atoms. The Labute approximate surface area is 109 Å². The highest BCUT2D eigenvalue weighted by Gasteiger charge is 2.25. The van der Waals surface area contributed by atoms with Gasteiger partial charge in [0.2, 0.25) is 11.8 Å². The van der Waals surface area contributed by atoms with Gasteiger partial charge < -0.3 is 15.4 Å². The van der Waals surface area contributed by atoms with E-state index < -0.39 is 6.04 Å². The Morgan fingerprint density at radius 1 is 1.56 bits per heavy atom. The average molecular weight is 269 g/mol. The fraction of sp³-hybridized carbons (Fsp3) is 0.333. The van der Waals surface area contributed by atoms with Gasteiger partial charge in [-0.2, -0.15) is 0 Å². The highest BCUT2D eigenvalue weighted by Crippen LogP contribution is 2.19. The monoisotopic (exact) mass is 268 g/mol. The minimum absolute atomic E-state index is 0.00372. The van der Waals surface area contributed by atoms with Crippen LogP contribution in [0.1, 0.15) is 5.56 Å². The van der Waals surface area contributed by atoms with Gasteiger partial charge in [0.25, 0.3) is 0 Å². The number of carbonyl (C=O) groups excluding carboxylic acids is 2. The minimum Gasteiger partial charge on any atom is -0.369 e. The summed E-state index contributed by atoms with van der Waals surface area (Å²) in [5.41, 5.74) is 1.53. The van der Waals surface area contributed by atoms with Crippen LogP contribution in [-0.2, 0) is 14.3 Å². The lowest BCUT2D eigenvalue weighted by Crippen LogP contribution is -2.52. The first-order valence-electron chi connectivity index (χ1n) is 5.50. The molecule has 2 amide bonds. The third-order valence-corrected chi connectivity index (χ3v) is 2.85. The molecule has 18 heavy (non-hydrogen) atoms. The molecule has 0 aliphatic carbocycles. The molecule has 1 aliphatic heterocycles. The van der Waals surface area contributed by atoms with Crippen LogP contribution in [0.4, 0.5) is 5.69 Å². The van der Waals surface area contributed by atoms with Gasteiger partial charge in [0.1, 0.15) is 12.6 Å². The van der Waals surface area contributed by atoms with Crippen molar-refractivity contribution in [2.24, 2.45) is 0 Å². The lowest BCUT2D eigenvalue weighted by Gasteiger charge is -2.23. The van der Waals surface area contributed by atoms with Gasteiger partial charge in [-0.05, 0) is 30.7 Å². The van der Waals surface area contributed by atoms with Crippen LogP contribution in [0.2, 0.25) is 5.02 Å². The van der Waals surface area contributed by atoms with Gasteiger partial charge in [-0.1, -0.05) is 11.6 Å². The van der Waals surface area contributed by atoms with Crippen molar-refractivity contribution in [3.05, 3.63) is 28.8 Å². The summed E-state index contributed by atoms with van der Waals surface area (Å²) in [7, 11) is 0. The second kappa shape index (κ2) is 5.37. The maximum absolute atomic E-state index is 11.9. The van der Waals surface area contributed by atoms with E-state index in [2.05, 4.69) is 10.6 Å². The molecule has 0 aromatic heterocycles. The Morgan fingerprint density at radius 2 is 2.33 bits per heavy atom. The van der Waals surface area contributed by atoms with Gasteiger partial charge in [0, 0.05) is 10.7 Å². The van der Waals surface area contributed by atoms with E-state index in [0.29, 0.717) is 10.7 Å². The highest BCUT2D eigenvalue weighted by atomic mass is 35.5. The van der Waals surface area contributed by atoms with Crippen LogP contribution in [0.25, 0.3) is 0 Å². The first kappa shape index (κ1) is 12.9. The minimum atomic E-state index is -0.652. The maximum atomic E-state index is 11.9. The maximum Gasteiger partial charge on any atom is 0.249 e. The number of hydrogen-bond acceptors (Lipinski definition) is 3. The number of benzene rings is 1. The number of carbonyl (C=O) groups is 2. The molecule has 1 aromatic carbocycles. The number of anilines is 1. The quantitative estimate of drug-likeness (QED) is 0.844. The number of ether oxygens (including phenoxy) is 1. The van der Waals surface area contributed by atoms with E-state index in [1.54, 1.807) is 18.2 Å². The number of aryl methyl sites for hydroxylation is 1. The Hall–Kier alpha value is -1.59. The van der Waals surface area contributed by atoms with Gasteiger partial charge >= 0.3 is 0 Å². The summed E-state index contributed by atoms with van der Waals surface area (Å²) in [6.07, 6.45) is 0. The molecule has 1 saturated heterocycles. The summed E-state index contributed by atoms with van der Waals surface area (Å²) in [5.74, 6) is -0.581. The first-order chi connectivity index (χ1) is 8.56. The molecule has 6 heteroatoms. The van der Waals surface area contributed by atoms with Crippen molar-refractivity contribution in [2.45, 2.75) is 13.0 Å². The molecule has 1 fully saturated rings. The van der Waals surface area contributed by atoms with E-state index in [1.165, 1.54) is 0 Å². The molecule has 2 N–H and O–H groups in total. The number of hydrogen-bond donors (Lipinski definition) is 2. The summed E-state index contributed by atoms with van der Waals surface area (Å²) in [6, 6.07) is 4.52. The van der Waals surface area contributed by atoms with Crippen LogP contribution >= 0.6 is 11.6 Å². The van der Waals surface area contributed by atoms with Crippen molar-refractivity contribution in [3.63, 3.8) is 0 Å². The van der Waals surface area contributed by atoms with Gasteiger partial charge in [0.05, 0.1) is 6.61 Å². The summed E-state index contributed by atoms with van der Waals surface area (Å²) in [5, 5.41) is 5.91. The largest absolute Gasteiger partial charge is 0.369 e. The third kappa shape index (κ3) is 3.00. The van der Waals surface area contributed by atoms with E-state index in [4.69, 9.17) is 16.3 Å². The zero-order valence-corrected chi connectivity index (χ0v) is 10.6. The first-order valence-corrected chi connectivity index (χ1v) is 5.88. The van der Waals surface area contributed by atoms with E-state index in [1.807, 2.05) is 6.92 Å². The average Bonchev–Trinajstić information content (AvgIpc) is 2.32. The highest BCUT2D eigenvalue weighted by molar-refractivity contribution is 6.30. The Balaban J connectivity index is 2.04. The molecule has 1 aromatic rings. The standard InChI is InChI=1S/C12H13ClN2O3/c1-7-4-8(13)2-3-9(7)15-12(17)10-5-18-6-11(16)14-10/h2-4,10H,5-6H2,1H3,(H,14,16)(H,15,17). The van der Waals surface area contributed by atoms with Gasteiger partial charge in [-0.3, -0.25) is 9.59 Å². The zero-order chi connectivity index (χ0) is 13.1. The van der Waals surface area contributed by atoms with Gasteiger partial charge in [0.15, 0.2) is 0 Å². The number of halogens is 1. The predicted octanol–water partition coefficient (Wildman–Crippen LogP) is 1.10. The fourth-order valence-electron chi connectivity index (χ4n) is 1.68. The molecule has 1 heterocycles.